The first-order valence-electron chi connectivity index (χ1n) is 9.52. The lowest BCUT2D eigenvalue weighted by atomic mass is 10.00. The van der Waals surface area contributed by atoms with E-state index < -0.39 is 12.1 Å². The van der Waals surface area contributed by atoms with Crippen LogP contribution >= 0.6 is 0 Å². The van der Waals surface area contributed by atoms with Crippen molar-refractivity contribution in [2.75, 3.05) is 7.11 Å². The summed E-state index contributed by atoms with van der Waals surface area (Å²) in [5, 5.41) is 6.25. The summed E-state index contributed by atoms with van der Waals surface area (Å²) < 4.78 is 4.98. The number of hydrogen-bond donors (Lipinski definition) is 2. The van der Waals surface area contributed by atoms with Gasteiger partial charge in [0.05, 0.1) is 13.2 Å². The summed E-state index contributed by atoms with van der Waals surface area (Å²) in [6.45, 7) is 5.81. The standard InChI is InChI=1S/C23H30N2O3/c1-23(2,3)25-21(26)19(15-17-11-7-5-8-12-17)24-20(22(27)28-4)16-18-13-9-6-10-14-18/h5-14,19-20,24H,15-16H2,1-4H3,(H,25,26)/t19-,20+/m1/s1. The summed E-state index contributed by atoms with van der Waals surface area (Å²) in [5.41, 5.74) is 1.65. The average molecular weight is 383 g/mol. The lowest BCUT2D eigenvalue weighted by Gasteiger charge is -2.28. The van der Waals surface area contributed by atoms with E-state index in [0.29, 0.717) is 12.8 Å². The Morgan fingerprint density at radius 2 is 1.32 bits per heavy atom. The van der Waals surface area contributed by atoms with E-state index >= 15 is 0 Å². The van der Waals surface area contributed by atoms with Gasteiger partial charge in [-0.15, -0.1) is 0 Å². The fraction of sp³-hybridized carbons (Fsp3) is 0.391. The summed E-state index contributed by atoms with van der Waals surface area (Å²) in [7, 11) is 1.36. The van der Waals surface area contributed by atoms with Gasteiger partial charge >= 0.3 is 5.97 Å². The van der Waals surface area contributed by atoms with Crippen LogP contribution in [0.2, 0.25) is 0 Å². The fourth-order valence-electron chi connectivity index (χ4n) is 2.98. The zero-order chi connectivity index (χ0) is 20.6. The summed E-state index contributed by atoms with van der Waals surface area (Å²) in [6, 6.07) is 18.3. The minimum Gasteiger partial charge on any atom is -0.468 e. The Labute approximate surface area is 167 Å². The van der Waals surface area contributed by atoms with Gasteiger partial charge in [0.25, 0.3) is 0 Å². The normalized spacial score (nSPS) is 13.4. The van der Waals surface area contributed by atoms with Crippen molar-refractivity contribution in [1.29, 1.82) is 0 Å². The van der Waals surface area contributed by atoms with E-state index in [2.05, 4.69) is 10.6 Å². The number of benzene rings is 2. The number of rotatable bonds is 8. The maximum atomic E-state index is 12.9. The Bertz CT molecular complexity index is 754. The predicted octanol–water partition coefficient (Wildman–Crippen LogP) is 2.89. The summed E-state index contributed by atoms with van der Waals surface area (Å²) in [5.74, 6) is -0.524. The molecule has 2 rings (SSSR count). The number of hydrogen-bond acceptors (Lipinski definition) is 4. The third-order valence-corrected chi connectivity index (χ3v) is 4.27. The van der Waals surface area contributed by atoms with Crippen molar-refractivity contribution >= 4 is 11.9 Å². The van der Waals surface area contributed by atoms with Gasteiger partial charge in [0.2, 0.25) is 5.91 Å². The second-order valence-electron chi connectivity index (χ2n) is 7.91. The molecule has 0 heterocycles. The van der Waals surface area contributed by atoms with Crippen molar-refractivity contribution in [3.8, 4) is 0 Å². The Kier molecular flexibility index (Phi) is 7.76. The molecule has 2 aromatic rings. The third-order valence-electron chi connectivity index (χ3n) is 4.27. The van der Waals surface area contributed by atoms with Crippen LogP contribution < -0.4 is 10.6 Å². The van der Waals surface area contributed by atoms with E-state index in [-0.39, 0.29) is 17.4 Å². The molecule has 0 saturated heterocycles. The maximum absolute atomic E-state index is 12.9. The number of esters is 1. The van der Waals surface area contributed by atoms with Crippen LogP contribution in [0.25, 0.3) is 0 Å². The van der Waals surface area contributed by atoms with Crippen LogP contribution in [0.15, 0.2) is 60.7 Å². The van der Waals surface area contributed by atoms with E-state index in [1.165, 1.54) is 7.11 Å². The molecule has 0 aromatic heterocycles. The van der Waals surface area contributed by atoms with Gasteiger partial charge < -0.3 is 10.1 Å². The minimum atomic E-state index is -0.619. The van der Waals surface area contributed by atoms with E-state index in [1.807, 2.05) is 81.4 Å². The molecule has 0 radical (unpaired) electrons. The molecule has 2 atom stereocenters. The minimum absolute atomic E-state index is 0.140. The van der Waals surface area contributed by atoms with Gasteiger partial charge in [0.15, 0.2) is 0 Å². The van der Waals surface area contributed by atoms with Gasteiger partial charge in [-0.2, -0.15) is 0 Å². The molecule has 0 aliphatic carbocycles. The topological polar surface area (TPSA) is 67.4 Å². The van der Waals surface area contributed by atoms with Crippen LogP contribution in [-0.2, 0) is 27.2 Å². The van der Waals surface area contributed by atoms with E-state index in [4.69, 9.17) is 4.74 Å². The highest BCUT2D eigenvalue weighted by Gasteiger charge is 2.29. The van der Waals surface area contributed by atoms with Crippen molar-refractivity contribution in [3.63, 3.8) is 0 Å². The molecule has 2 aromatic carbocycles. The monoisotopic (exact) mass is 382 g/mol. The quantitative estimate of drug-likeness (QED) is 0.689. The first-order valence-corrected chi connectivity index (χ1v) is 9.52. The molecule has 1 amide bonds. The van der Waals surface area contributed by atoms with Crippen LogP contribution in [0.5, 0.6) is 0 Å². The van der Waals surface area contributed by atoms with Crippen LogP contribution in [0.1, 0.15) is 31.9 Å². The highest BCUT2D eigenvalue weighted by molar-refractivity contribution is 5.84. The molecule has 28 heavy (non-hydrogen) atoms. The summed E-state index contributed by atoms with van der Waals surface area (Å²) in [4.78, 5) is 25.3. The number of methoxy groups -OCH3 is 1. The van der Waals surface area contributed by atoms with Crippen LogP contribution in [0.3, 0.4) is 0 Å². The molecule has 5 nitrogen and oxygen atoms in total. The third kappa shape index (κ3) is 7.16. The molecule has 0 unspecified atom stereocenters. The van der Waals surface area contributed by atoms with Crippen molar-refractivity contribution < 1.29 is 14.3 Å². The molecule has 5 heteroatoms. The molecule has 0 aliphatic heterocycles. The van der Waals surface area contributed by atoms with Crippen LogP contribution in [-0.4, -0.2) is 36.6 Å². The number of amides is 1. The molecule has 0 spiro atoms. The lowest BCUT2D eigenvalue weighted by molar-refractivity contribution is -0.143. The maximum Gasteiger partial charge on any atom is 0.323 e. The van der Waals surface area contributed by atoms with Crippen molar-refractivity contribution in [2.24, 2.45) is 0 Å². The largest absolute Gasteiger partial charge is 0.468 e. The van der Waals surface area contributed by atoms with E-state index in [0.717, 1.165) is 11.1 Å². The van der Waals surface area contributed by atoms with Gasteiger partial charge in [-0.25, -0.2) is 0 Å². The fourth-order valence-corrected chi connectivity index (χ4v) is 2.98. The molecule has 0 bridgehead atoms. The number of ether oxygens (including phenoxy) is 1. The highest BCUT2D eigenvalue weighted by atomic mass is 16.5. The average Bonchev–Trinajstić information content (AvgIpc) is 2.66. The molecular weight excluding hydrogens is 352 g/mol. The van der Waals surface area contributed by atoms with Crippen molar-refractivity contribution in [2.45, 2.75) is 51.2 Å². The van der Waals surface area contributed by atoms with Crippen LogP contribution in [0.4, 0.5) is 0 Å². The van der Waals surface area contributed by atoms with Crippen LogP contribution in [0, 0.1) is 0 Å². The Hall–Kier alpha value is -2.66. The summed E-state index contributed by atoms with van der Waals surface area (Å²) >= 11 is 0. The first-order chi connectivity index (χ1) is 13.3. The number of carbonyl (C=O) groups excluding carboxylic acids is 2. The Morgan fingerprint density at radius 3 is 1.75 bits per heavy atom. The Balaban J connectivity index is 2.22. The number of nitrogens with one attached hydrogen (secondary N) is 2. The van der Waals surface area contributed by atoms with Crippen molar-refractivity contribution in [1.82, 2.24) is 10.6 Å². The predicted molar refractivity (Wildman–Crippen MR) is 111 cm³/mol. The second kappa shape index (κ2) is 10.0. The highest BCUT2D eigenvalue weighted by Crippen LogP contribution is 2.10. The number of carbonyl (C=O) groups is 2. The van der Waals surface area contributed by atoms with Gasteiger partial charge in [0.1, 0.15) is 6.04 Å². The second-order valence-corrected chi connectivity index (χ2v) is 7.91. The molecular formula is C23H30N2O3. The van der Waals surface area contributed by atoms with E-state index in [9.17, 15) is 9.59 Å². The molecule has 0 fully saturated rings. The van der Waals surface area contributed by atoms with Gasteiger partial charge in [-0.1, -0.05) is 60.7 Å². The Morgan fingerprint density at radius 1 is 0.857 bits per heavy atom. The zero-order valence-electron chi connectivity index (χ0n) is 17.1. The molecule has 150 valence electrons. The first kappa shape index (κ1) is 21.6. The lowest BCUT2D eigenvalue weighted by Crippen LogP contribution is -2.56. The molecule has 0 aliphatic rings. The van der Waals surface area contributed by atoms with Gasteiger partial charge in [-0.3, -0.25) is 14.9 Å². The molecule has 0 saturated carbocycles. The summed E-state index contributed by atoms with van der Waals surface area (Å²) in [6.07, 6.45) is 0.923. The smallest absolute Gasteiger partial charge is 0.323 e. The van der Waals surface area contributed by atoms with Crippen molar-refractivity contribution in [3.05, 3.63) is 71.8 Å². The SMILES string of the molecule is COC(=O)[C@H](Cc1ccccc1)N[C@H](Cc1ccccc1)C(=O)NC(C)(C)C. The molecule has 2 N–H and O–H groups in total. The van der Waals surface area contributed by atoms with E-state index in [1.54, 1.807) is 0 Å². The zero-order valence-corrected chi connectivity index (χ0v) is 17.1. The van der Waals surface area contributed by atoms with Gasteiger partial charge in [0, 0.05) is 5.54 Å². The van der Waals surface area contributed by atoms with Gasteiger partial charge in [-0.05, 0) is 44.7 Å².